The van der Waals surface area contributed by atoms with E-state index in [0.717, 1.165) is 10.5 Å². The molecule has 1 aliphatic rings. The Morgan fingerprint density at radius 3 is 2.41 bits per heavy atom. The van der Waals surface area contributed by atoms with Crippen LogP contribution >= 0.6 is 0 Å². The monoisotopic (exact) mass is 395 g/mol. The van der Waals surface area contributed by atoms with Crippen molar-refractivity contribution >= 4 is 29.6 Å². The minimum Gasteiger partial charge on any atom is -0.493 e. The summed E-state index contributed by atoms with van der Waals surface area (Å²) in [7, 11) is 3.05. The van der Waals surface area contributed by atoms with Gasteiger partial charge in [-0.15, -0.1) is 0 Å². The Kier molecular flexibility index (Phi) is 5.82. The molecule has 0 unspecified atom stereocenters. The van der Waals surface area contributed by atoms with Gasteiger partial charge in [-0.25, -0.2) is 9.69 Å². The largest absolute Gasteiger partial charge is 0.493 e. The molecule has 150 valence electrons. The zero-order valence-corrected chi connectivity index (χ0v) is 16.3. The summed E-state index contributed by atoms with van der Waals surface area (Å²) in [6.07, 6.45) is 1.55. The van der Waals surface area contributed by atoms with E-state index in [1.54, 1.807) is 42.5 Å². The molecule has 2 N–H and O–H groups in total. The van der Waals surface area contributed by atoms with E-state index in [1.807, 2.05) is 13.0 Å². The summed E-state index contributed by atoms with van der Waals surface area (Å²) in [6.45, 7) is 1.46. The van der Waals surface area contributed by atoms with Crippen LogP contribution < -0.4 is 20.1 Å². The maximum absolute atomic E-state index is 12.6. The third kappa shape index (κ3) is 4.37. The van der Waals surface area contributed by atoms with Crippen molar-refractivity contribution in [2.24, 2.45) is 0 Å². The summed E-state index contributed by atoms with van der Waals surface area (Å²) in [5.74, 6) is 0.0182. The van der Waals surface area contributed by atoms with Gasteiger partial charge in [0.05, 0.1) is 14.2 Å². The van der Waals surface area contributed by atoms with Gasteiger partial charge in [-0.1, -0.05) is 18.2 Å². The smallest absolute Gasteiger partial charge is 0.329 e. The number of carbonyl (C=O) groups excluding carboxylic acids is 3. The topological polar surface area (TPSA) is 97.0 Å². The van der Waals surface area contributed by atoms with E-state index >= 15 is 0 Å². The number of imide groups is 1. The lowest BCUT2D eigenvalue weighted by Gasteiger charge is -2.12. The number of nitrogens with zero attached hydrogens (tertiary/aromatic N) is 1. The normalized spacial score (nSPS) is 14.7. The standard InChI is InChI=1S/C21H21N3O5/c1-13-9-17(28-2)18(29-3)11-14(13)10-16-20(26)24(21(27)23-16)12-19(25)22-15-7-5-4-6-8-15/h4-11H,12H2,1-3H3,(H,22,25)(H,23,27). The molecule has 2 aromatic carbocycles. The highest BCUT2D eigenvalue weighted by molar-refractivity contribution is 6.16. The average molecular weight is 395 g/mol. The molecule has 1 aliphatic heterocycles. The van der Waals surface area contributed by atoms with Crippen molar-refractivity contribution < 1.29 is 23.9 Å². The van der Waals surface area contributed by atoms with Crippen LogP contribution in [0.1, 0.15) is 11.1 Å². The summed E-state index contributed by atoms with van der Waals surface area (Å²) >= 11 is 0. The van der Waals surface area contributed by atoms with Crippen molar-refractivity contribution in [3.05, 3.63) is 59.3 Å². The molecule has 0 spiro atoms. The van der Waals surface area contributed by atoms with E-state index in [0.29, 0.717) is 22.7 Å². The molecule has 0 saturated carbocycles. The molecule has 0 aliphatic carbocycles. The fraction of sp³-hybridized carbons (Fsp3) is 0.190. The van der Waals surface area contributed by atoms with E-state index in [9.17, 15) is 14.4 Å². The van der Waals surface area contributed by atoms with Gasteiger partial charge in [0.25, 0.3) is 5.91 Å². The Morgan fingerprint density at radius 1 is 1.10 bits per heavy atom. The highest BCUT2D eigenvalue weighted by Crippen LogP contribution is 2.31. The quantitative estimate of drug-likeness (QED) is 0.579. The van der Waals surface area contributed by atoms with Crippen LogP contribution in [0.2, 0.25) is 0 Å². The van der Waals surface area contributed by atoms with Gasteiger partial charge < -0.3 is 20.1 Å². The number of para-hydroxylation sites is 1. The van der Waals surface area contributed by atoms with Crippen LogP contribution in [0, 0.1) is 6.92 Å². The summed E-state index contributed by atoms with van der Waals surface area (Å²) in [4.78, 5) is 37.9. The third-order valence-electron chi connectivity index (χ3n) is 4.39. The summed E-state index contributed by atoms with van der Waals surface area (Å²) in [5.41, 5.74) is 2.18. The molecular weight excluding hydrogens is 374 g/mol. The molecule has 1 fully saturated rings. The van der Waals surface area contributed by atoms with Crippen LogP contribution in [0.3, 0.4) is 0 Å². The van der Waals surface area contributed by atoms with Gasteiger partial charge in [0, 0.05) is 5.69 Å². The second kappa shape index (κ2) is 8.47. The van der Waals surface area contributed by atoms with Crippen molar-refractivity contribution in [3.8, 4) is 11.5 Å². The lowest BCUT2D eigenvalue weighted by Crippen LogP contribution is -2.38. The lowest BCUT2D eigenvalue weighted by atomic mass is 10.1. The van der Waals surface area contributed by atoms with Crippen LogP contribution in [0.5, 0.6) is 11.5 Å². The Bertz CT molecular complexity index is 985. The number of urea groups is 1. The number of benzene rings is 2. The first kappa shape index (κ1) is 19.9. The van der Waals surface area contributed by atoms with Crippen molar-refractivity contribution in [1.29, 1.82) is 0 Å². The predicted molar refractivity (Wildman–Crippen MR) is 108 cm³/mol. The van der Waals surface area contributed by atoms with Crippen LogP contribution in [0.4, 0.5) is 10.5 Å². The Hall–Kier alpha value is -3.81. The fourth-order valence-corrected chi connectivity index (χ4v) is 2.89. The number of hydrogen-bond donors (Lipinski definition) is 2. The highest BCUT2D eigenvalue weighted by Gasteiger charge is 2.35. The Labute approximate surface area is 168 Å². The van der Waals surface area contributed by atoms with Gasteiger partial charge in [-0.3, -0.25) is 9.59 Å². The third-order valence-corrected chi connectivity index (χ3v) is 4.39. The van der Waals surface area contributed by atoms with E-state index in [1.165, 1.54) is 14.2 Å². The molecule has 0 radical (unpaired) electrons. The molecule has 2 aromatic rings. The highest BCUT2D eigenvalue weighted by atomic mass is 16.5. The van der Waals surface area contributed by atoms with Gasteiger partial charge in [-0.05, 0) is 48.4 Å². The summed E-state index contributed by atoms with van der Waals surface area (Å²) < 4.78 is 10.5. The van der Waals surface area contributed by atoms with Gasteiger partial charge in [0.2, 0.25) is 5.91 Å². The van der Waals surface area contributed by atoms with Crippen LogP contribution in [0.25, 0.3) is 6.08 Å². The minimum absolute atomic E-state index is 0.0813. The number of nitrogens with one attached hydrogen (secondary N) is 2. The van der Waals surface area contributed by atoms with Gasteiger partial charge in [0.1, 0.15) is 12.2 Å². The van der Waals surface area contributed by atoms with Crippen molar-refractivity contribution in [1.82, 2.24) is 10.2 Å². The second-order valence-corrected chi connectivity index (χ2v) is 6.36. The Morgan fingerprint density at radius 2 is 1.76 bits per heavy atom. The number of methoxy groups -OCH3 is 2. The number of amides is 4. The Balaban J connectivity index is 1.77. The molecule has 8 heteroatoms. The number of aryl methyl sites for hydroxylation is 1. The van der Waals surface area contributed by atoms with Gasteiger partial charge in [-0.2, -0.15) is 0 Å². The van der Waals surface area contributed by atoms with E-state index in [2.05, 4.69) is 10.6 Å². The van der Waals surface area contributed by atoms with Crippen molar-refractivity contribution in [2.75, 3.05) is 26.1 Å². The number of hydrogen-bond acceptors (Lipinski definition) is 5. The first-order chi connectivity index (χ1) is 13.9. The summed E-state index contributed by atoms with van der Waals surface area (Å²) in [6, 6.07) is 11.6. The molecular formula is C21H21N3O5. The molecule has 29 heavy (non-hydrogen) atoms. The first-order valence-corrected chi connectivity index (χ1v) is 8.85. The first-order valence-electron chi connectivity index (χ1n) is 8.85. The molecule has 1 saturated heterocycles. The van der Waals surface area contributed by atoms with Gasteiger partial charge >= 0.3 is 6.03 Å². The van der Waals surface area contributed by atoms with Crippen LogP contribution in [-0.4, -0.2) is 43.5 Å². The number of ether oxygens (including phenoxy) is 2. The molecule has 4 amide bonds. The molecule has 0 aromatic heterocycles. The van der Waals surface area contributed by atoms with Crippen LogP contribution in [-0.2, 0) is 9.59 Å². The number of carbonyl (C=O) groups is 3. The van der Waals surface area contributed by atoms with E-state index in [-0.39, 0.29) is 12.2 Å². The van der Waals surface area contributed by atoms with Crippen molar-refractivity contribution in [3.63, 3.8) is 0 Å². The summed E-state index contributed by atoms with van der Waals surface area (Å²) in [5, 5.41) is 5.16. The average Bonchev–Trinajstić information content (AvgIpc) is 2.97. The van der Waals surface area contributed by atoms with E-state index < -0.39 is 17.8 Å². The minimum atomic E-state index is -0.650. The predicted octanol–water partition coefficient (Wildman–Crippen LogP) is 2.54. The molecule has 1 heterocycles. The molecule has 3 rings (SSSR count). The zero-order valence-electron chi connectivity index (χ0n) is 16.3. The number of anilines is 1. The van der Waals surface area contributed by atoms with Crippen molar-refractivity contribution in [2.45, 2.75) is 6.92 Å². The second-order valence-electron chi connectivity index (χ2n) is 6.36. The zero-order chi connectivity index (χ0) is 21.0. The van der Waals surface area contributed by atoms with E-state index in [4.69, 9.17) is 9.47 Å². The molecule has 0 atom stereocenters. The van der Waals surface area contributed by atoms with Crippen LogP contribution in [0.15, 0.2) is 48.2 Å². The molecule has 0 bridgehead atoms. The fourth-order valence-electron chi connectivity index (χ4n) is 2.89. The number of rotatable bonds is 6. The lowest BCUT2D eigenvalue weighted by molar-refractivity contribution is -0.127. The SMILES string of the molecule is COc1cc(C)c(C=C2NC(=O)N(CC(=O)Nc3ccccc3)C2=O)cc1OC. The molecule has 8 nitrogen and oxygen atoms in total. The maximum Gasteiger partial charge on any atom is 0.329 e. The maximum atomic E-state index is 12.6. The van der Waals surface area contributed by atoms with Gasteiger partial charge in [0.15, 0.2) is 11.5 Å².